The van der Waals surface area contributed by atoms with E-state index in [1.807, 2.05) is 38.4 Å². The molecule has 1 saturated carbocycles. The van der Waals surface area contributed by atoms with E-state index in [1.54, 1.807) is 44.4 Å². The van der Waals surface area contributed by atoms with Gasteiger partial charge in [-0.1, -0.05) is 13.0 Å². The number of amides is 2. The summed E-state index contributed by atoms with van der Waals surface area (Å²) in [5.41, 5.74) is 1.99. The molecule has 10 nitrogen and oxygen atoms in total. The fourth-order valence-electron chi connectivity index (χ4n) is 5.83. The summed E-state index contributed by atoms with van der Waals surface area (Å²) in [5, 5.41) is 9.68. The molecule has 1 fully saturated rings. The number of aryl methyl sites for hydroxylation is 1. The topological polar surface area (TPSA) is 122 Å². The van der Waals surface area contributed by atoms with Crippen molar-refractivity contribution < 1.29 is 18.7 Å². The smallest absolute Gasteiger partial charge is 0.255 e. The number of ether oxygens (including phenoxy) is 1. The Hall–Kier alpha value is -4.44. The van der Waals surface area contributed by atoms with Crippen molar-refractivity contribution >= 4 is 40.1 Å². The Labute approximate surface area is 239 Å². The zero-order valence-electron chi connectivity index (χ0n) is 24.2. The largest absolute Gasteiger partial charge is 0.460 e. The second kappa shape index (κ2) is 11.2. The van der Waals surface area contributed by atoms with Gasteiger partial charge in [-0.25, -0.2) is 4.98 Å². The van der Waals surface area contributed by atoms with Crippen LogP contribution in [0.2, 0.25) is 0 Å². The van der Waals surface area contributed by atoms with Gasteiger partial charge in [-0.15, -0.1) is 0 Å². The lowest BCUT2D eigenvalue weighted by Crippen LogP contribution is -2.49. The molecule has 2 aromatic heterocycles. The van der Waals surface area contributed by atoms with Crippen LogP contribution in [0.25, 0.3) is 11.0 Å². The van der Waals surface area contributed by atoms with Gasteiger partial charge in [0.25, 0.3) is 5.91 Å². The quantitative estimate of drug-likeness (QED) is 0.252. The third-order valence-corrected chi connectivity index (χ3v) is 8.22. The molecule has 2 amide bonds. The van der Waals surface area contributed by atoms with Crippen LogP contribution in [0, 0.1) is 18.3 Å². The first-order valence-electron chi connectivity index (χ1n) is 13.7. The number of nitrogens with one attached hydrogen (secondary N) is 3. The molecule has 0 saturated heterocycles. The number of carbonyl (C=O) groups is 2. The maximum Gasteiger partial charge on any atom is 0.255 e. The summed E-state index contributed by atoms with van der Waals surface area (Å²) < 4.78 is 11.8. The van der Waals surface area contributed by atoms with E-state index in [-0.39, 0.29) is 23.8 Å². The Kier molecular flexibility index (Phi) is 7.68. The Morgan fingerprint density at radius 3 is 2.63 bits per heavy atom. The average molecular weight is 557 g/mol. The summed E-state index contributed by atoms with van der Waals surface area (Å²) in [7, 11) is 5.66. The molecule has 4 aromatic rings. The molecular formula is C31H36N6O4. The highest BCUT2D eigenvalue weighted by molar-refractivity contribution is 6.07. The lowest BCUT2D eigenvalue weighted by molar-refractivity contribution is -0.129. The summed E-state index contributed by atoms with van der Waals surface area (Å²) in [5.74, 6) is 1.82. The predicted molar refractivity (Wildman–Crippen MR) is 159 cm³/mol. The van der Waals surface area contributed by atoms with Crippen molar-refractivity contribution in [3.63, 3.8) is 0 Å². The lowest BCUT2D eigenvalue weighted by Gasteiger charge is -2.37. The van der Waals surface area contributed by atoms with Gasteiger partial charge in [0.15, 0.2) is 0 Å². The molecule has 5 rings (SSSR count). The van der Waals surface area contributed by atoms with Crippen LogP contribution in [0.4, 0.5) is 17.3 Å². The molecule has 10 heteroatoms. The van der Waals surface area contributed by atoms with Gasteiger partial charge < -0.3 is 30.0 Å². The van der Waals surface area contributed by atoms with Crippen molar-refractivity contribution in [2.24, 2.45) is 11.3 Å². The number of hydrogen-bond acceptors (Lipinski definition) is 8. The van der Waals surface area contributed by atoms with Crippen LogP contribution in [0.1, 0.15) is 42.8 Å². The highest BCUT2D eigenvalue weighted by Gasteiger charge is 2.50. The molecule has 1 aliphatic carbocycles. The monoisotopic (exact) mass is 556 g/mol. The maximum absolute atomic E-state index is 13.5. The van der Waals surface area contributed by atoms with Gasteiger partial charge in [0.05, 0.1) is 11.0 Å². The van der Waals surface area contributed by atoms with Crippen LogP contribution >= 0.6 is 0 Å². The SMILES string of the molecule is CNC(=O)c1c(C)oc2cc(Oc3ccnc(Nc4cccc(NC(=O)C5(C)C(C)CCC5N(C)C)c4)n3)ccc12. The molecule has 0 aliphatic heterocycles. The third-order valence-electron chi connectivity index (χ3n) is 8.22. The van der Waals surface area contributed by atoms with Gasteiger partial charge in [-0.05, 0) is 77.0 Å². The summed E-state index contributed by atoms with van der Waals surface area (Å²) >= 11 is 0. The molecule has 3 N–H and O–H groups in total. The van der Waals surface area contributed by atoms with Crippen LogP contribution in [0.3, 0.4) is 0 Å². The third kappa shape index (κ3) is 5.47. The van der Waals surface area contributed by atoms with E-state index in [2.05, 4.69) is 44.7 Å². The number of rotatable bonds is 8. The molecular weight excluding hydrogens is 520 g/mol. The number of carbonyl (C=O) groups excluding carboxylic acids is 2. The van der Waals surface area contributed by atoms with Crippen molar-refractivity contribution in [1.29, 1.82) is 0 Å². The molecule has 0 bridgehead atoms. The van der Waals surface area contributed by atoms with E-state index in [9.17, 15) is 9.59 Å². The lowest BCUT2D eigenvalue weighted by atomic mass is 9.76. The second-order valence-corrected chi connectivity index (χ2v) is 11.0. The zero-order chi connectivity index (χ0) is 29.3. The van der Waals surface area contributed by atoms with Crippen LogP contribution in [0.15, 0.2) is 59.1 Å². The Bertz CT molecular complexity index is 1600. The van der Waals surface area contributed by atoms with Gasteiger partial charge in [0.1, 0.15) is 17.1 Å². The number of aromatic nitrogens is 2. The number of anilines is 3. The van der Waals surface area contributed by atoms with E-state index in [4.69, 9.17) is 9.15 Å². The molecule has 2 aromatic carbocycles. The molecule has 3 atom stereocenters. The molecule has 41 heavy (non-hydrogen) atoms. The van der Waals surface area contributed by atoms with Crippen LogP contribution < -0.4 is 20.7 Å². The minimum Gasteiger partial charge on any atom is -0.460 e. The molecule has 3 unspecified atom stereocenters. The normalized spacial score (nSPS) is 20.3. The van der Waals surface area contributed by atoms with Crippen molar-refractivity contribution in [2.75, 3.05) is 31.8 Å². The molecule has 1 aliphatic rings. The van der Waals surface area contributed by atoms with Crippen LogP contribution in [-0.2, 0) is 4.79 Å². The van der Waals surface area contributed by atoms with E-state index in [0.717, 1.165) is 18.5 Å². The first-order chi connectivity index (χ1) is 19.6. The summed E-state index contributed by atoms with van der Waals surface area (Å²) in [4.78, 5) is 36.6. The molecule has 2 heterocycles. The molecule has 0 radical (unpaired) electrons. The highest BCUT2D eigenvalue weighted by atomic mass is 16.5. The van der Waals surface area contributed by atoms with Crippen LogP contribution in [0.5, 0.6) is 11.6 Å². The fraction of sp³-hybridized carbons (Fsp3) is 0.355. The minimum atomic E-state index is -0.483. The van der Waals surface area contributed by atoms with Gasteiger partial charge in [-0.3, -0.25) is 9.59 Å². The van der Waals surface area contributed by atoms with Gasteiger partial charge in [0, 0.05) is 48.2 Å². The summed E-state index contributed by atoms with van der Waals surface area (Å²) in [6.07, 6.45) is 3.62. The van der Waals surface area contributed by atoms with Crippen molar-refractivity contribution in [3.05, 3.63) is 66.1 Å². The van der Waals surface area contributed by atoms with Gasteiger partial charge in [-0.2, -0.15) is 4.98 Å². The van der Waals surface area contributed by atoms with Crippen molar-refractivity contribution in [1.82, 2.24) is 20.2 Å². The number of hydrogen-bond donors (Lipinski definition) is 3. The number of nitrogens with zero attached hydrogens (tertiary/aromatic N) is 3. The Morgan fingerprint density at radius 1 is 1.10 bits per heavy atom. The van der Waals surface area contributed by atoms with E-state index in [0.29, 0.717) is 45.6 Å². The van der Waals surface area contributed by atoms with Crippen molar-refractivity contribution in [3.8, 4) is 11.6 Å². The van der Waals surface area contributed by atoms with Crippen molar-refractivity contribution in [2.45, 2.75) is 39.7 Å². The van der Waals surface area contributed by atoms with Crippen LogP contribution in [-0.4, -0.2) is 53.9 Å². The van der Waals surface area contributed by atoms with Gasteiger partial charge >= 0.3 is 0 Å². The van der Waals surface area contributed by atoms with E-state index < -0.39 is 5.41 Å². The summed E-state index contributed by atoms with van der Waals surface area (Å²) in [6, 6.07) is 14.6. The zero-order valence-corrected chi connectivity index (χ0v) is 24.2. The maximum atomic E-state index is 13.5. The average Bonchev–Trinajstić information content (AvgIpc) is 3.43. The second-order valence-electron chi connectivity index (χ2n) is 11.0. The standard InChI is InChI=1S/C31H36N6O4/c1-18-10-13-25(37(5)6)31(18,3)29(39)34-20-8-7-9-21(16-20)35-30-33-15-14-26(36-30)41-22-11-12-23-24(17-22)40-19(2)27(23)28(38)32-4/h7-9,11-12,14-18,25H,10,13H2,1-6H3,(H,32,38)(H,34,39)(H,33,35,36). The van der Waals surface area contributed by atoms with Gasteiger partial charge in [0.2, 0.25) is 17.7 Å². The Morgan fingerprint density at radius 2 is 1.88 bits per heavy atom. The predicted octanol–water partition coefficient (Wildman–Crippen LogP) is 5.73. The summed E-state index contributed by atoms with van der Waals surface area (Å²) in [6.45, 7) is 5.98. The molecule has 0 spiro atoms. The molecule has 214 valence electrons. The number of benzene rings is 2. The highest BCUT2D eigenvalue weighted by Crippen LogP contribution is 2.46. The van der Waals surface area contributed by atoms with E-state index >= 15 is 0 Å². The number of fused-ring (bicyclic) bond motifs is 1. The van der Waals surface area contributed by atoms with E-state index in [1.165, 1.54) is 0 Å². The number of furan rings is 1. The Balaban J connectivity index is 1.29. The fourth-order valence-corrected chi connectivity index (χ4v) is 5.83. The first kappa shape index (κ1) is 28.1. The first-order valence-corrected chi connectivity index (χ1v) is 13.7. The minimum absolute atomic E-state index is 0.0242.